The highest BCUT2D eigenvalue weighted by molar-refractivity contribution is 9.10. The second-order valence-electron chi connectivity index (χ2n) is 5.97. The van der Waals surface area contributed by atoms with Crippen molar-refractivity contribution in [2.45, 2.75) is 26.4 Å². The van der Waals surface area contributed by atoms with Crippen molar-refractivity contribution in [2.24, 2.45) is 0 Å². The van der Waals surface area contributed by atoms with E-state index in [1.807, 2.05) is 32.0 Å². The van der Waals surface area contributed by atoms with Crippen LogP contribution in [0.2, 0.25) is 0 Å². The average Bonchev–Trinajstić information content (AvgIpc) is 2.50. The highest BCUT2D eigenvalue weighted by Gasteiger charge is 2.19. The largest absolute Gasteiger partial charge is 0.383 e. The zero-order valence-corrected chi connectivity index (χ0v) is 16.7. The summed E-state index contributed by atoms with van der Waals surface area (Å²) in [6.07, 6.45) is 0.997. The highest BCUT2D eigenvalue weighted by atomic mass is 79.9. The van der Waals surface area contributed by atoms with Crippen LogP contribution in [0.5, 0.6) is 5.75 Å². The van der Waals surface area contributed by atoms with Gasteiger partial charge in [-0.2, -0.15) is 8.42 Å². The zero-order chi connectivity index (χ0) is 18.6. The van der Waals surface area contributed by atoms with Gasteiger partial charge in [0.25, 0.3) is 5.91 Å². The molecule has 0 bridgehead atoms. The van der Waals surface area contributed by atoms with Crippen LogP contribution in [0.25, 0.3) is 0 Å². The normalized spacial score (nSPS) is 11.4. The molecule has 0 aliphatic rings. The predicted octanol–water partition coefficient (Wildman–Crippen LogP) is 3.84. The summed E-state index contributed by atoms with van der Waals surface area (Å²) >= 11 is 3.38. The Morgan fingerprint density at radius 3 is 2.44 bits per heavy atom. The van der Waals surface area contributed by atoms with E-state index in [-0.39, 0.29) is 17.7 Å². The lowest BCUT2D eigenvalue weighted by atomic mass is 10.1. The zero-order valence-electron chi connectivity index (χ0n) is 14.3. The summed E-state index contributed by atoms with van der Waals surface area (Å²) in [5, 5.41) is 0. The number of benzene rings is 2. The number of amides is 1. The fourth-order valence-electron chi connectivity index (χ4n) is 2.34. The van der Waals surface area contributed by atoms with Crippen molar-refractivity contribution in [1.29, 1.82) is 0 Å². The Balaban J connectivity index is 2.25. The third-order valence-corrected chi connectivity index (χ3v) is 4.44. The van der Waals surface area contributed by atoms with Crippen LogP contribution in [0.1, 0.15) is 29.8 Å². The number of hydrogen-bond donors (Lipinski definition) is 0. The Labute approximate surface area is 156 Å². The Hall–Kier alpha value is -1.86. The molecule has 0 N–H and O–H groups in total. The van der Waals surface area contributed by atoms with Gasteiger partial charge in [-0.3, -0.25) is 4.79 Å². The maximum atomic E-state index is 12.8. The smallest absolute Gasteiger partial charge is 0.306 e. The van der Waals surface area contributed by atoms with Gasteiger partial charge in [0, 0.05) is 22.6 Å². The van der Waals surface area contributed by atoms with Crippen molar-refractivity contribution in [2.75, 3.05) is 6.26 Å². The fourth-order valence-corrected chi connectivity index (χ4v) is 3.20. The molecule has 2 rings (SSSR count). The van der Waals surface area contributed by atoms with E-state index in [4.69, 9.17) is 4.18 Å². The SMILES string of the molecule is CC(C)N(Cc1cccc(OS(C)(=O)=O)c1)C(=O)c1cccc(Br)c1. The molecule has 0 saturated carbocycles. The average molecular weight is 426 g/mol. The molecule has 0 radical (unpaired) electrons. The highest BCUT2D eigenvalue weighted by Crippen LogP contribution is 2.20. The third-order valence-electron chi connectivity index (χ3n) is 3.45. The van der Waals surface area contributed by atoms with Gasteiger partial charge in [-0.05, 0) is 49.7 Å². The molecule has 0 aromatic heterocycles. The molecule has 0 aliphatic carbocycles. The van der Waals surface area contributed by atoms with Crippen LogP contribution < -0.4 is 4.18 Å². The lowest BCUT2D eigenvalue weighted by Crippen LogP contribution is -2.36. The molecule has 1 amide bonds. The van der Waals surface area contributed by atoms with Gasteiger partial charge in [-0.25, -0.2) is 0 Å². The maximum absolute atomic E-state index is 12.8. The van der Waals surface area contributed by atoms with Crippen LogP contribution >= 0.6 is 15.9 Å². The summed E-state index contributed by atoms with van der Waals surface area (Å²) in [4.78, 5) is 14.6. The number of carbonyl (C=O) groups is 1. The number of nitrogens with zero attached hydrogens (tertiary/aromatic N) is 1. The van der Waals surface area contributed by atoms with Gasteiger partial charge in [0.2, 0.25) is 0 Å². The van der Waals surface area contributed by atoms with E-state index >= 15 is 0 Å². The standard InChI is InChI=1S/C18H20BrNO4S/c1-13(2)20(18(21)15-7-5-8-16(19)11-15)12-14-6-4-9-17(10-14)24-25(3,22)23/h4-11,13H,12H2,1-3H3. The van der Waals surface area contributed by atoms with Crippen molar-refractivity contribution in [3.05, 3.63) is 64.1 Å². The molecule has 0 aliphatic heterocycles. The molecule has 0 unspecified atom stereocenters. The molecule has 134 valence electrons. The number of halogens is 1. The third kappa shape index (κ3) is 5.86. The van der Waals surface area contributed by atoms with Crippen LogP contribution in [0, 0.1) is 0 Å². The Morgan fingerprint density at radius 2 is 1.84 bits per heavy atom. The molecule has 0 atom stereocenters. The number of rotatable bonds is 6. The van der Waals surface area contributed by atoms with E-state index in [1.165, 1.54) is 0 Å². The summed E-state index contributed by atoms with van der Waals surface area (Å²) < 4.78 is 28.3. The first-order valence-electron chi connectivity index (χ1n) is 7.70. The van der Waals surface area contributed by atoms with Crippen molar-refractivity contribution >= 4 is 32.0 Å². The minimum atomic E-state index is -3.59. The van der Waals surface area contributed by atoms with Crippen molar-refractivity contribution in [3.63, 3.8) is 0 Å². The summed E-state index contributed by atoms with van der Waals surface area (Å²) in [6.45, 7) is 4.23. The topological polar surface area (TPSA) is 63.7 Å². The Morgan fingerprint density at radius 1 is 1.16 bits per heavy atom. The fraction of sp³-hybridized carbons (Fsp3) is 0.278. The first kappa shape index (κ1) is 19.5. The molecule has 0 heterocycles. The van der Waals surface area contributed by atoms with E-state index in [0.29, 0.717) is 12.1 Å². The van der Waals surface area contributed by atoms with Crippen LogP contribution in [-0.2, 0) is 16.7 Å². The van der Waals surface area contributed by atoms with Gasteiger partial charge < -0.3 is 9.08 Å². The van der Waals surface area contributed by atoms with Crippen LogP contribution in [0.15, 0.2) is 53.0 Å². The molecule has 2 aromatic rings. The molecular formula is C18H20BrNO4S. The van der Waals surface area contributed by atoms with E-state index in [9.17, 15) is 13.2 Å². The van der Waals surface area contributed by atoms with E-state index in [1.54, 1.807) is 35.2 Å². The number of hydrogen-bond acceptors (Lipinski definition) is 4. The Bertz CT molecular complexity index is 865. The van der Waals surface area contributed by atoms with Crippen molar-refractivity contribution < 1.29 is 17.4 Å². The monoisotopic (exact) mass is 425 g/mol. The molecule has 0 fully saturated rings. The summed E-state index contributed by atoms with van der Waals surface area (Å²) in [6, 6.07) is 13.9. The van der Waals surface area contributed by atoms with Crippen LogP contribution in [0.4, 0.5) is 0 Å². The molecule has 25 heavy (non-hydrogen) atoms. The van der Waals surface area contributed by atoms with Gasteiger partial charge in [-0.1, -0.05) is 34.1 Å². The van der Waals surface area contributed by atoms with Crippen LogP contribution in [-0.4, -0.2) is 31.5 Å². The molecular weight excluding hydrogens is 406 g/mol. The molecule has 0 spiro atoms. The first-order valence-corrected chi connectivity index (χ1v) is 10.3. The van der Waals surface area contributed by atoms with Crippen LogP contribution in [0.3, 0.4) is 0 Å². The van der Waals surface area contributed by atoms with E-state index in [0.717, 1.165) is 16.3 Å². The predicted molar refractivity (Wildman–Crippen MR) is 101 cm³/mol. The first-order chi connectivity index (χ1) is 11.7. The van der Waals surface area contributed by atoms with Crippen molar-refractivity contribution in [1.82, 2.24) is 4.90 Å². The van der Waals surface area contributed by atoms with Gasteiger partial charge in [0.1, 0.15) is 5.75 Å². The van der Waals surface area contributed by atoms with Gasteiger partial charge in [-0.15, -0.1) is 0 Å². The summed E-state index contributed by atoms with van der Waals surface area (Å²) in [5.41, 5.74) is 1.38. The molecule has 2 aromatic carbocycles. The summed E-state index contributed by atoms with van der Waals surface area (Å²) in [7, 11) is -3.59. The molecule has 0 saturated heterocycles. The van der Waals surface area contributed by atoms with E-state index < -0.39 is 10.1 Å². The Kier molecular flexibility index (Phi) is 6.24. The quantitative estimate of drug-likeness (QED) is 0.659. The van der Waals surface area contributed by atoms with Gasteiger partial charge in [0.05, 0.1) is 6.26 Å². The second kappa shape index (κ2) is 8.01. The lowest BCUT2D eigenvalue weighted by Gasteiger charge is -2.27. The van der Waals surface area contributed by atoms with Gasteiger partial charge >= 0.3 is 10.1 Å². The number of carbonyl (C=O) groups excluding carboxylic acids is 1. The van der Waals surface area contributed by atoms with Gasteiger partial charge in [0.15, 0.2) is 0 Å². The molecule has 5 nitrogen and oxygen atoms in total. The minimum Gasteiger partial charge on any atom is -0.383 e. The summed E-state index contributed by atoms with van der Waals surface area (Å²) in [5.74, 6) is 0.143. The second-order valence-corrected chi connectivity index (χ2v) is 8.46. The minimum absolute atomic E-state index is 0.0223. The van der Waals surface area contributed by atoms with E-state index in [2.05, 4.69) is 15.9 Å². The molecule has 7 heteroatoms. The lowest BCUT2D eigenvalue weighted by molar-refractivity contribution is 0.0690. The van der Waals surface area contributed by atoms with Crippen molar-refractivity contribution in [3.8, 4) is 5.75 Å². The maximum Gasteiger partial charge on any atom is 0.306 e.